The van der Waals surface area contributed by atoms with Crippen LogP contribution in [0.25, 0.3) is 11.8 Å². The van der Waals surface area contributed by atoms with Gasteiger partial charge in [-0.2, -0.15) is 0 Å². The van der Waals surface area contributed by atoms with Crippen molar-refractivity contribution in [2.24, 2.45) is 0 Å². The fraction of sp³-hybridized carbons (Fsp3) is 0.263. The second kappa shape index (κ2) is 7.14. The lowest BCUT2D eigenvalue weighted by Crippen LogP contribution is -2.31. The minimum atomic E-state index is -0.0553. The van der Waals surface area contributed by atoms with Gasteiger partial charge in [0.05, 0.1) is 0 Å². The average molecular weight is 418 g/mol. The van der Waals surface area contributed by atoms with Crippen molar-refractivity contribution < 1.29 is 4.79 Å². The van der Waals surface area contributed by atoms with Gasteiger partial charge in [-0.05, 0) is 74.5 Å². The van der Waals surface area contributed by atoms with Crippen molar-refractivity contribution in [1.82, 2.24) is 14.8 Å². The van der Waals surface area contributed by atoms with Gasteiger partial charge >= 0.3 is 0 Å². The van der Waals surface area contributed by atoms with Gasteiger partial charge in [0.1, 0.15) is 5.70 Å². The summed E-state index contributed by atoms with van der Waals surface area (Å²) in [5.74, 6) is -0.0553. The Hall–Kier alpha value is -1.92. The predicted molar refractivity (Wildman–Crippen MR) is 109 cm³/mol. The summed E-state index contributed by atoms with van der Waals surface area (Å²) in [6.07, 6.45) is 2.76. The van der Waals surface area contributed by atoms with E-state index in [4.69, 9.17) is 12.2 Å². The molecule has 3 rings (SSSR count). The number of amides is 1. The van der Waals surface area contributed by atoms with Crippen LogP contribution in [-0.2, 0) is 4.79 Å². The molecule has 1 saturated heterocycles. The first-order chi connectivity index (χ1) is 11.9. The number of aryl methyl sites for hydroxylation is 1. The molecule has 1 amide bonds. The molecular weight excluding hydrogens is 398 g/mol. The lowest BCUT2D eigenvalue weighted by molar-refractivity contribution is -0.122. The number of nitrogens with zero attached hydrogens (tertiary/aromatic N) is 2. The highest BCUT2D eigenvalue weighted by atomic mass is 79.9. The summed E-state index contributed by atoms with van der Waals surface area (Å²) in [6.45, 7) is 6.79. The Morgan fingerprint density at radius 1 is 1.24 bits per heavy atom. The maximum atomic E-state index is 12.5. The molecule has 0 atom stereocenters. The largest absolute Gasteiger partial charge is 0.328 e. The molecule has 1 aromatic heterocycles. The Morgan fingerprint density at radius 3 is 2.56 bits per heavy atom. The molecule has 2 aromatic rings. The molecular formula is C19H20BrN3OS. The lowest BCUT2D eigenvalue weighted by atomic mass is 10.2. The quantitative estimate of drug-likeness (QED) is 0.594. The third-order valence-electron chi connectivity index (χ3n) is 4.26. The molecule has 0 bridgehead atoms. The lowest BCUT2D eigenvalue weighted by Gasteiger charge is -2.11. The molecule has 0 aliphatic carbocycles. The minimum Gasteiger partial charge on any atom is -0.328 e. The van der Waals surface area contributed by atoms with Crippen molar-refractivity contribution in [3.05, 3.63) is 57.5 Å². The van der Waals surface area contributed by atoms with Gasteiger partial charge in [0.25, 0.3) is 5.91 Å². The van der Waals surface area contributed by atoms with Gasteiger partial charge in [-0.25, -0.2) is 0 Å². The molecule has 25 heavy (non-hydrogen) atoms. The van der Waals surface area contributed by atoms with E-state index in [1.54, 1.807) is 4.90 Å². The summed E-state index contributed by atoms with van der Waals surface area (Å²) in [7, 11) is 0. The molecule has 1 aliphatic heterocycles. The molecule has 0 spiro atoms. The van der Waals surface area contributed by atoms with Gasteiger partial charge < -0.3 is 9.88 Å². The van der Waals surface area contributed by atoms with Crippen LogP contribution in [-0.4, -0.2) is 27.0 Å². The van der Waals surface area contributed by atoms with Crippen LogP contribution >= 0.6 is 28.1 Å². The van der Waals surface area contributed by atoms with E-state index in [0.29, 0.717) is 17.4 Å². The second-order valence-electron chi connectivity index (χ2n) is 6.08. The van der Waals surface area contributed by atoms with Crippen LogP contribution in [0, 0.1) is 13.8 Å². The van der Waals surface area contributed by atoms with E-state index in [-0.39, 0.29) is 5.91 Å². The summed E-state index contributed by atoms with van der Waals surface area (Å²) in [4.78, 5) is 14.1. The predicted octanol–water partition coefficient (Wildman–Crippen LogP) is 4.32. The molecule has 1 aliphatic rings. The Bertz CT molecular complexity index is 868. The van der Waals surface area contributed by atoms with Crippen molar-refractivity contribution in [3.8, 4) is 5.69 Å². The smallest absolute Gasteiger partial charge is 0.276 e. The van der Waals surface area contributed by atoms with E-state index in [9.17, 15) is 4.79 Å². The van der Waals surface area contributed by atoms with Crippen molar-refractivity contribution in [2.45, 2.75) is 27.2 Å². The van der Waals surface area contributed by atoms with Crippen LogP contribution in [0.1, 0.15) is 30.3 Å². The highest BCUT2D eigenvalue weighted by molar-refractivity contribution is 9.10. The maximum absolute atomic E-state index is 12.5. The molecule has 130 valence electrons. The van der Waals surface area contributed by atoms with Crippen LogP contribution in [0.4, 0.5) is 0 Å². The highest BCUT2D eigenvalue weighted by Crippen LogP contribution is 2.25. The first kappa shape index (κ1) is 17.9. The number of aromatic nitrogens is 1. The molecule has 0 saturated carbocycles. The molecule has 4 nitrogen and oxygen atoms in total. The molecule has 0 radical (unpaired) electrons. The van der Waals surface area contributed by atoms with Crippen LogP contribution in [0.5, 0.6) is 0 Å². The monoisotopic (exact) mass is 417 g/mol. The average Bonchev–Trinajstić information content (AvgIpc) is 3.00. The van der Waals surface area contributed by atoms with E-state index >= 15 is 0 Å². The third-order valence-corrected chi connectivity index (χ3v) is 5.12. The van der Waals surface area contributed by atoms with E-state index in [1.165, 1.54) is 0 Å². The molecule has 6 heteroatoms. The number of thiocarbonyl (C=S) groups is 1. The zero-order chi connectivity index (χ0) is 18.1. The van der Waals surface area contributed by atoms with Crippen LogP contribution in [0.15, 0.2) is 40.5 Å². The SMILES string of the molecule is CCCN1C(=O)/C(=C/c2cc(C)n(-c3ccc(Br)cc3)c2C)NC1=S. The van der Waals surface area contributed by atoms with E-state index in [1.807, 2.05) is 25.1 Å². The van der Waals surface area contributed by atoms with Gasteiger partial charge in [-0.3, -0.25) is 9.69 Å². The zero-order valence-corrected chi connectivity index (χ0v) is 16.9. The number of hydrogen-bond donors (Lipinski definition) is 1. The number of nitrogens with one attached hydrogen (secondary N) is 1. The second-order valence-corrected chi connectivity index (χ2v) is 7.39. The first-order valence-corrected chi connectivity index (χ1v) is 9.42. The highest BCUT2D eigenvalue weighted by Gasteiger charge is 2.30. The van der Waals surface area contributed by atoms with Gasteiger partial charge in [-0.15, -0.1) is 0 Å². The normalized spacial score (nSPS) is 16.0. The Balaban J connectivity index is 1.97. The number of hydrogen-bond acceptors (Lipinski definition) is 2. The van der Waals surface area contributed by atoms with Crippen LogP contribution < -0.4 is 5.32 Å². The fourth-order valence-corrected chi connectivity index (χ4v) is 3.62. The fourth-order valence-electron chi connectivity index (χ4n) is 3.08. The molecule has 1 N–H and O–H groups in total. The maximum Gasteiger partial charge on any atom is 0.276 e. The zero-order valence-electron chi connectivity index (χ0n) is 14.5. The number of rotatable bonds is 4. The Morgan fingerprint density at radius 2 is 1.92 bits per heavy atom. The minimum absolute atomic E-state index is 0.0553. The molecule has 0 unspecified atom stereocenters. The molecule has 1 aromatic carbocycles. The van der Waals surface area contributed by atoms with Crippen molar-refractivity contribution in [2.75, 3.05) is 6.54 Å². The first-order valence-electron chi connectivity index (χ1n) is 8.21. The van der Waals surface area contributed by atoms with Gasteiger partial charge in [0, 0.05) is 28.1 Å². The topological polar surface area (TPSA) is 37.3 Å². The number of halogens is 1. The van der Waals surface area contributed by atoms with Crippen molar-refractivity contribution >= 4 is 45.2 Å². The molecule has 2 heterocycles. The Kier molecular flexibility index (Phi) is 5.11. The summed E-state index contributed by atoms with van der Waals surface area (Å²) in [6, 6.07) is 10.3. The third kappa shape index (κ3) is 3.41. The summed E-state index contributed by atoms with van der Waals surface area (Å²) < 4.78 is 3.23. The van der Waals surface area contributed by atoms with Crippen molar-refractivity contribution in [3.63, 3.8) is 0 Å². The summed E-state index contributed by atoms with van der Waals surface area (Å²) in [5, 5.41) is 3.53. The standard InChI is InChI=1S/C19H20BrN3OS/c1-4-9-22-18(24)17(21-19(22)25)11-14-10-12(2)23(13(14)3)16-7-5-15(20)6-8-16/h5-8,10-11H,4,9H2,1-3H3,(H,21,25)/b17-11-. The van der Waals surface area contributed by atoms with Gasteiger partial charge in [-0.1, -0.05) is 22.9 Å². The summed E-state index contributed by atoms with van der Waals surface area (Å²) >= 11 is 8.74. The number of benzene rings is 1. The van der Waals surface area contributed by atoms with Crippen LogP contribution in [0.3, 0.4) is 0 Å². The number of carbonyl (C=O) groups excluding carboxylic acids is 1. The van der Waals surface area contributed by atoms with Crippen molar-refractivity contribution in [1.29, 1.82) is 0 Å². The summed E-state index contributed by atoms with van der Waals surface area (Å²) in [5.41, 5.74) is 4.84. The van der Waals surface area contributed by atoms with E-state index in [2.05, 4.69) is 57.9 Å². The van der Waals surface area contributed by atoms with E-state index < -0.39 is 0 Å². The van der Waals surface area contributed by atoms with Crippen LogP contribution in [0.2, 0.25) is 0 Å². The van der Waals surface area contributed by atoms with E-state index in [0.717, 1.165) is 33.5 Å². The number of carbonyl (C=O) groups is 1. The van der Waals surface area contributed by atoms with Gasteiger partial charge in [0.15, 0.2) is 5.11 Å². The molecule has 1 fully saturated rings. The Labute approximate surface area is 161 Å². The van der Waals surface area contributed by atoms with Gasteiger partial charge in [0.2, 0.25) is 0 Å².